The maximum absolute atomic E-state index is 4.38. The molecule has 5 aliphatic rings. The lowest BCUT2D eigenvalue weighted by Gasteiger charge is -2.38. The Kier molecular flexibility index (Phi) is 8.35. The fourth-order valence-electron chi connectivity index (χ4n) is 9.52. The van der Waals surface area contributed by atoms with E-state index in [4.69, 9.17) is 0 Å². The molecule has 3 aromatic carbocycles. The average molecular weight is 642 g/mol. The molecular weight excluding hydrogens is 591 g/mol. The van der Waals surface area contributed by atoms with Gasteiger partial charge < -0.3 is 4.90 Å². The van der Waals surface area contributed by atoms with Gasteiger partial charge in [-0.05, 0) is 151 Å². The molecular formula is C48H51N. The number of fused-ring (bicyclic) bond motifs is 2. The van der Waals surface area contributed by atoms with Crippen LogP contribution >= 0.6 is 0 Å². The van der Waals surface area contributed by atoms with Crippen LogP contribution in [0.25, 0.3) is 16.7 Å². The SMILES string of the molecule is C=C1CCCC(CC)(c2ccc(-c3ccc(N(C4=C(C5=CC=CCC5)CCC=C4)c4ccc5c(c4)C(C)(C)C4=C5C=CCC4)cc3)cc2)C1. The van der Waals surface area contributed by atoms with Gasteiger partial charge in [0.1, 0.15) is 0 Å². The van der Waals surface area contributed by atoms with Crippen molar-refractivity contribution in [1.82, 2.24) is 0 Å². The summed E-state index contributed by atoms with van der Waals surface area (Å²) in [6.07, 6.45) is 29.1. The normalized spacial score (nSPS) is 22.7. The molecule has 0 heterocycles. The summed E-state index contributed by atoms with van der Waals surface area (Å²) < 4.78 is 0. The Morgan fingerprint density at radius 3 is 2.20 bits per heavy atom. The third kappa shape index (κ3) is 5.66. The minimum absolute atomic E-state index is 0.0324. The molecule has 5 aliphatic carbocycles. The first-order valence-corrected chi connectivity index (χ1v) is 18.9. The van der Waals surface area contributed by atoms with Crippen LogP contribution in [0.3, 0.4) is 0 Å². The Hall–Kier alpha value is -4.36. The Morgan fingerprint density at radius 1 is 0.755 bits per heavy atom. The lowest BCUT2D eigenvalue weighted by Crippen LogP contribution is -2.28. The van der Waals surface area contributed by atoms with Crippen LogP contribution in [0, 0.1) is 0 Å². The summed E-state index contributed by atoms with van der Waals surface area (Å²) in [7, 11) is 0. The highest BCUT2D eigenvalue weighted by Crippen LogP contribution is 2.52. The second-order valence-corrected chi connectivity index (χ2v) is 15.5. The van der Waals surface area contributed by atoms with Crippen molar-refractivity contribution in [3.63, 3.8) is 0 Å². The van der Waals surface area contributed by atoms with Gasteiger partial charge in [0.05, 0.1) is 0 Å². The van der Waals surface area contributed by atoms with Crippen molar-refractivity contribution in [2.24, 2.45) is 0 Å². The number of allylic oxidation sites excluding steroid dienone is 12. The van der Waals surface area contributed by atoms with Crippen molar-refractivity contribution in [1.29, 1.82) is 0 Å². The van der Waals surface area contributed by atoms with Crippen LogP contribution in [-0.4, -0.2) is 0 Å². The van der Waals surface area contributed by atoms with Crippen LogP contribution in [0.1, 0.15) is 108 Å². The second kappa shape index (κ2) is 12.8. The van der Waals surface area contributed by atoms with E-state index >= 15 is 0 Å². The molecule has 8 rings (SSSR count). The van der Waals surface area contributed by atoms with Crippen LogP contribution in [0.4, 0.5) is 11.4 Å². The number of rotatable bonds is 7. The Bertz CT molecular complexity index is 1970. The van der Waals surface area contributed by atoms with E-state index in [1.165, 1.54) is 92.9 Å². The van der Waals surface area contributed by atoms with Gasteiger partial charge in [-0.25, -0.2) is 0 Å². The van der Waals surface area contributed by atoms with Crippen LogP contribution in [0.15, 0.2) is 144 Å². The molecule has 0 amide bonds. The van der Waals surface area contributed by atoms with E-state index in [1.807, 2.05) is 0 Å². The van der Waals surface area contributed by atoms with Gasteiger partial charge in [-0.2, -0.15) is 0 Å². The second-order valence-electron chi connectivity index (χ2n) is 15.5. The monoisotopic (exact) mass is 641 g/mol. The molecule has 0 bridgehead atoms. The third-order valence-corrected chi connectivity index (χ3v) is 12.3. The zero-order chi connectivity index (χ0) is 33.6. The number of hydrogen-bond donors (Lipinski definition) is 0. The predicted octanol–water partition coefficient (Wildman–Crippen LogP) is 13.5. The lowest BCUT2D eigenvalue weighted by atomic mass is 9.66. The van der Waals surface area contributed by atoms with Gasteiger partial charge in [0.15, 0.2) is 0 Å². The molecule has 1 fully saturated rings. The molecule has 0 aromatic heterocycles. The zero-order valence-electron chi connectivity index (χ0n) is 29.8. The summed E-state index contributed by atoms with van der Waals surface area (Å²) in [4.78, 5) is 2.54. The molecule has 1 heteroatoms. The molecule has 1 saturated carbocycles. The minimum Gasteiger partial charge on any atom is -0.310 e. The zero-order valence-corrected chi connectivity index (χ0v) is 29.8. The molecule has 1 unspecified atom stereocenters. The molecule has 0 saturated heterocycles. The number of hydrogen-bond acceptors (Lipinski definition) is 1. The van der Waals surface area contributed by atoms with Crippen molar-refractivity contribution < 1.29 is 0 Å². The maximum Gasteiger partial charge on any atom is 0.0493 e. The summed E-state index contributed by atoms with van der Waals surface area (Å²) in [6, 6.07) is 26.1. The largest absolute Gasteiger partial charge is 0.310 e. The van der Waals surface area contributed by atoms with Gasteiger partial charge in [-0.15, -0.1) is 0 Å². The fourth-order valence-corrected chi connectivity index (χ4v) is 9.52. The van der Waals surface area contributed by atoms with Crippen molar-refractivity contribution in [3.05, 3.63) is 161 Å². The molecule has 0 spiro atoms. The molecule has 1 atom stereocenters. The molecule has 3 aromatic rings. The van der Waals surface area contributed by atoms with E-state index in [0.29, 0.717) is 0 Å². The van der Waals surface area contributed by atoms with Crippen molar-refractivity contribution in [3.8, 4) is 11.1 Å². The van der Waals surface area contributed by atoms with Crippen molar-refractivity contribution in [2.75, 3.05) is 4.90 Å². The molecule has 248 valence electrons. The highest BCUT2D eigenvalue weighted by atomic mass is 15.1. The number of nitrogens with zero attached hydrogens (tertiary/aromatic N) is 1. The topological polar surface area (TPSA) is 3.24 Å². The Balaban J connectivity index is 1.19. The summed E-state index contributed by atoms with van der Waals surface area (Å²) >= 11 is 0. The molecule has 0 aliphatic heterocycles. The molecule has 0 radical (unpaired) electrons. The standard InChI is InChI=1S/C48H51N/c1-5-48(31-13-14-34(2)33-48)38-25-21-35(22-26-38)36-23-27-39(28-24-36)49(46-20-12-10-17-41(46)37-15-7-6-8-16-37)40-29-30-43-42-18-9-11-19-44(42)47(3,4)45(43)32-40/h6-7,9,12,15,18,20-30,32H,2,5,8,10-11,13-14,16-17,19,31,33H2,1,3-4H3. The van der Waals surface area contributed by atoms with Crippen LogP contribution in [0.2, 0.25) is 0 Å². The maximum atomic E-state index is 4.38. The van der Waals surface area contributed by atoms with E-state index in [9.17, 15) is 0 Å². The minimum atomic E-state index is 0.0324. The van der Waals surface area contributed by atoms with E-state index in [1.54, 1.807) is 5.57 Å². The first-order chi connectivity index (χ1) is 23.9. The summed E-state index contributed by atoms with van der Waals surface area (Å²) in [5.74, 6) is 0. The van der Waals surface area contributed by atoms with Crippen LogP contribution < -0.4 is 4.90 Å². The van der Waals surface area contributed by atoms with Gasteiger partial charge in [-0.1, -0.05) is 117 Å². The number of anilines is 2. The lowest BCUT2D eigenvalue weighted by molar-refractivity contribution is 0.330. The first-order valence-electron chi connectivity index (χ1n) is 18.9. The summed E-state index contributed by atoms with van der Waals surface area (Å²) in [6.45, 7) is 11.6. The Labute approximate surface area is 294 Å². The smallest absolute Gasteiger partial charge is 0.0493 e. The average Bonchev–Trinajstić information content (AvgIpc) is 3.38. The van der Waals surface area contributed by atoms with Crippen molar-refractivity contribution >= 4 is 16.9 Å². The van der Waals surface area contributed by atoms with Crippen LogP contribution in [0.5, 0.6) is 0 Å². The van der Waals surface area contributed by atoms with E-state index < -0.39 is 0 Å². The van der Waals surface area contributed by atoms with Gasteiger partial charge in [-0.3, -0.25) is 0 Å². The van der Waals surface area contributed by atoms with E-state index in [2.05, 4.69) is 142 Å². The van der Waals surface area contributed by atoms with Crippen molar-refractivity contribution in [2.45, 2.75) is 102 Å². The highest BCUT2D eigenvalue weighted by Gasteiger charge is 2.38. The predicted molar refractivity (Wildman–Crippen MR) is 210 cm³/mol. The fraction of sp³-hybridized carbons (Fsp3) is 0.333. The van der Waals surface area contributed by atoms with Gasteiger partial charge in [0, 0.05) is 22.5 Å². The molecule has 49 heavy (non-hydrogen) atoms. The first kappa shape index (κ1) is 31.9. The Morgan fingerprint density at radius 2 is 1.47 bits per heavy atom. The quantitative estimate of drug-likeness (QED) is 0.232. The van der Waals surface area contributed by atoms with Gasteiger partial charge >= 0.3 is 0 Å². The highest BCUT2D eigenvalue weighted by molar-refractivity contribution is 5.88. The summed E-state index contributed by atoms with van der Waals surface area (Å²) in [5.41, 5.74) is 18.4. The van der Waals surface area contributed by atoms with Gasteiger partial charge in [0.2, 0.25) is 0 Å². The van der Waals surface area contributed by atoms with E-state index in [0.717, 1.165) is 44.9 Å². The van der Waals surface area contributed by atoms with E-state index in [-0.39, 0.29) is 10.8 Å². The number of benzene rings is 3. The van der Waals surface area contributed by atoms with Crippen LogP contribution in [-0.2, 0) is 10.8 Å². The molecule has 0 N–H and O–H groups in total. The third-order valence-electron chi connectivity index (χ3n) is 12.3. The summed E-state index contributed by atoms with van der Waals surface area (Å²) in [5, 5.41) is 0. The molecule has 1 nitrogen and oxygen atoms in total. The van der Waals surface area contributed by atoms with Gasteiger partial charge in [0.25, 0.3) is 0 Å².